The van der Waals surface area contributed by atoms with Crippen molar-refractivity contribution in [3.63, 3.8) is 0 Å². The van der Waals surface area contributed by atoms with Gasteiger partial charge in [-0.05, 0) is 19.9 Å². The van der Waals surface area contributed by atoms with E-state index < -0.39 is 5.97 Å². The van der Waals surface area contributed by atoms with Crippen LogP contribution in [-0.2, 0) is 9.53 Å². The van der Waals surface area contributed by atoms with Crippen LogP contribution in [0.4, 0.5) is 0 Å². The van der Waals surface area contributed by atoms with E-state index >= 15 is 0 Å². The first-order valence-electron chi connectivity index (χ1n) is 5.06. The third kappa shape index (κ3) is 5.94. The fraction of sp³-hybridized carbons (Fsp3) is 0.900. The number of ether oxygens (including phenoxy) is 1. The summed E-state index contributed by atoms with van der Waals surface area (Å²) in [5.41, 5.74) is 0. The van der Waals surface area contributed by atoms with Gasteiger partial charge in [0.15, 0.2) is 0 Å². The fourth-order valence-corrected chi connectivity index (χ4v) is 1.41. The molecule has 0 heterocycles. The number of carboxylic acids is 1. The molecule has 4 heteroatoms. The van der Waals surface area contributed by atoms with Crippen molar-refractivity contribution in [3.8, 4) is 0 Å². The Morgan fingerprint density at radius 3 is 2.64 bits per heavy atom. The van der Waals surface area contributed by atoms with Crippen LogP contribution >= 0.6 is 0 Å². The minimum atomic E-state index is -0.723. The molecule has 0 saturated carbocycles. The molecule has 0 amide bonds. The molecule has 1 unspecified atom stereocenters. The largest absolute Gasteiger partial charge is 0.481 e. The van der Waals surface area contributed by atoms with Crippen molar-refractivity contribution in [3.05, 3.63) is 0 Å². The number of methoxy groups -OCH3 is 1. The molecule has 0 radical (unpaired) electrons. The van der Waals surface area contributed by atoms with Crippen molar-refractivity contribution in [1.29, 1.82) is 0 Å². The summed E-state index contributed by atoms with van der Waals surface area (Å²) in [6.07, 6.45) is 0.942. The molecule has 4 nitrogen and oxygen atoms in total. The highest BCUT2D eigenvalue weighted by Gasteiger charge is 2.12. The molecule has 0 aliphatic carbocycles. The zero-order valence-corrected chi connectivity index (χ0v) is 9.32. The molecule has 0 aromatic heterocycles. The lowest BCUT2D eigenvalue weighted by molar-refractivity contribution is -0.137. The van der Waals surface area contributed by atoms with Crippen LogP contribution in [0.3, 0.4) is 0 Å². The van der Waals surface area contributed by atoms with Crippen LogP contribution in [0.1, 0.15) is 26.7 Å². The van der Waals surface area contributed by atoms with E-state index in [9.17, 15) is 4.79 Å². The predicted octanol–water partition coefficient (Wildman–Crippen LogP) is 1.21. The lowest BCUT2D eigenvalue weighted by Gasteiger charge is -2.26. The number of rotatable bonds is 8. The molecule has 0 saturated heterocycles. The Morgan fingerprint density at radius 1 is 1.57 bits per heavy atom. The Hall–Kier alpha value is -0.610. The van der Waals surface area contributed by atoms with Crippen molar-refractivity contribution in [2.45, 2.75) is 32.7 Å². The molecule has 0 aliphatic heterocycles. The average Bonchev–Trinajstić information content (AvgIpc) is 2.16. The topological polar surface area (TPSA) is 49.8 Å². The van der Waals surface area contributed by atoms with E-state index in [-0.39, 0.29) is 6.42 Å². The quantitative estimate of drug-likeness (QED) is 0.644. The highest BCUT2D eigenvalue weighted by molar-refractivity contribution is 5.66. The summed E-state index contributed by atoms with van der Waals surface area (Å²) in [5.74, 6) is -0.723. The Labute approximate surface area is 85.9 Å². The van der Waals surface area contributed by atoms with Crippen molar-refractivity contribution < 1.29 is 14.6 Å². The van der Waals surface area contributed by atoms with Crippen LogP contribution in [0.25, 0.3) is 0 Å². The molecule has 0 spiro atoms. The molecular weight excluding hydrogens is 182 g/mol. The second kappa shape index (κ2) is 7.76. The lowest BCUT2D eigenvalue weighted by Crippen LogP contribution is -2.35. The van der Waals surface area contributed by atoms with Crippen LogP contribution in [0, 0.1) is 0 Å². The first-order valence-corrected chi connectivity index (χ1v) is 5.06. The van der Waals surface area contributed by atoms with E-state index in [1.807, 2.05) is 0 Å². The van der Waals surface area contributed by atoms with Crippen molar-refractivity contribution in [2.75, 3.05) is 26.8 Å². The van der Waals surface area contributed by atoms with E-state index in [4.69, 9.17) is 9.84 Å². The number of hydrogen-bond donors (Lipinski definition) is 1. The van der Waals surface area contributed by atoms with Crippen molar-refractivity contribution in [2.24, 2.45) is 0 Å². The summed E-state index contributed by atoms with van der Waals surface area (Å²) >= 11 is 0. The molecular formula is C10H21NO3. The molecule has 1 N–H and O–H groups in total. The number of hydrogen-bond acceptors (Lipinski definition) is 3. The van der Waals surface area contributed by atoms with Crippen LogP contribution in [0.15, 0.2) is 0 Å². The molecule has 1 atom stereocenters. The molecule has 0 aromatic rings. The predicted molar refractivity (Wildman–Crippen MR) is 55.5 cm³/mol. The molecule has 0 rings (SSSR count). The van der Waals surface area contributed by atoms with Gasteiger partial charge in [-0.25, -0.2) is 0 Å². The second-order valence-corrected chi connectivity index (χ2v) is 3.40. The van der Waals surface area contributed by atoms with E-state index in [0.29, 0.717) is 19.1 Å². The van der Waals surface area contributed by atoms with Crippen LogP contribution in [0.5, 0.6) is 0 Å². The fourth-order valence-electron chi connectivity index (χ4n) is 1.41. The Morgan fingerprint density at radius 2 is 2.21 bits per heavy atom. The van der Waals surface area contributed by atoms with Crippen molar-refractivity contribution in [1.82, 2.24) is 4.90 Å². The number of carbonyl (C=O) groups is 1. The Balaban J connectivity index is 3.78. The van der Waals surface area contributed by atoms with Crippen LogP contribution in [-0.4, -0.2) is 48.8 Å². The van der Waals surface area contributed by atoms with Gasteiger partial charge < -0.3 is 9.84 Å². The van der Waals surface area contributed by atoms with Gasteiger partial charge in [0.2, 0.25) is 0 Å². The molecule has 14 heavy (non-hydrogen) atoms. The molecule has 0 aromatic carbocycles. The van der Waals surface area contributed by atoms with Gasteiger partial charge in [0.1, 0.15) is 0 Å². The summed E-state index contributed by atoms with van der Waals surface area (Å²) in [6.45, 7) is 6.64. The zero-order valence-electron chi connectivity index (χ0n) is 9.32. The van der Waals surface area contributed by atoms with Gasteiger partial charge in [-0.3, -0.25) is 9.69 Å². The summed E-state index contributed by atoms with van der Waals surface area (Å²) in [6, 6.07) is 0.311. The first kappa shape index (κ1) is 13.4. The van der Waals surface area contributed by atoms with Gasteiger partial charge in [0, 0.05) is 26.1 Å². The van der Waals surface area contributed by atoms with E-state index in [0.717, 1.165) is 13.1 Å². The smallest absolute Gasteiger partial charge is 0.303 e. The summed E-state index contributed by atoms with van der Waals surface area (Å²) < 4.78 is 4.99. The van der Waals surface area contributed by atoms with Gasteiger partial charge in [0.05, 0.1) is 6.61 Å². The lowest BCUT2D eigenvalue weighted by atomic mass is 10.1. The molecule has 0 aliphatic rings. The number of likely N-dealkylation sites (N-methyl/N-ethyl adjacent to an activating group) is 1. The summed E-state index contributed by atoms with van der Waals surface area (Å²) in [7, 11) is 1.68. The summed E-state index contributed by atoms with van der Waals surface area (Å²) in [4.78, 5) is 12.6. The Kier molecular flexibility index (Phi) is 7.42. The van der Waals surface area contributed by atoms with E-state index in [1.54, 1.807) is 7.11 Å². The first-order chi connectivity index (χ1) is 6.61. The highest BCUT2D eigenvalue weighted by Crippen LogP contribution is 2.05. The minimum Gasteiger partial charge on any atom is -0.481 e. The van der Waals surface area contributed by atoms with Gasteiger partial charge in [-0.1, -0.05) is 6.92 Å². The maximum absolute atomic E-state index is 10.4. The third-order valence-corrected chi connectivity index (χ3v) is 2.39. The average molecular weight is 203 g/mol. The SMILES string of the molecule is CCN(CCOC)C(C)CCC(=O)O. The maximum Gasteiger partial charge on any atom is 0.303 e. The van der Waals surface area contributed by atoms with E-state index in [1.165, 1.54) is 0 Å². The van der Waals surface area contributed by atoms with Gasteiger partial charge >= 0.3 is 5.97 Å². The van der Waals surface area contributed by atoms with Crippen LogP contribution < -0.4 is 0 Å². The number of nitrogens with zero attached hydrogens (tertiary/aromatic N) is 1. The normalized spacial score (nSPS) is 13.1. The molecule has 84 valence electrons. The van der Waals surface area contributed by atoms with Crippen molar-refractivity contribution >= 4 is 5.97 Å². The van der Waals surface area contributed by atoms with Gasteiger partial charge in [-0.2, -0.15) is 0 Å². The standard InChI is InChI=1S/C10H21NO3/c1-4-11(7-8-14-3)9(2)5-6-10(12)13/h9H,4-8H2,1-3H3,(H,12,13). The Bertz CT molecular complexity index is 161. The second-order valence-electron chi connectivity index (χ2n) is 3.40. The van der Waals surface area contributed by atoms with Gasteiger partial charge in [-0.15, -0.1) is 0 Å². The monoisotopic (exact) mass is 203 g/mol. The van der Waals surface area contributed by atoms with Crippen LogP contribution in [0.2, 0.25) is 0 Å². The number of aliphatic carboxylic acids is 1. The highest BCUT2D eigenvalue weighted by atomic mass is 16.5. The third-order valence-electron chi connectivity index (χ3n) is 2.39. The zero-order chi connectivity index (χ0) is 11.0. The van der Waals surface area contributed by atoms with Gasteiger partial charge in [0.25, 0.3) is 0 Å². The minimum absolute atomic E-state index is 0.241. The molecule has 0 fully saturated rings. The number of carboxylic acid groups (broad SMARTS) is 1. The van der Waals surface area contributed by atoms with E-state index in [2.05, 4.69) is 18.7 Å². The maximum atomic E-state index is 10.4. The molecule has 0 bridgehead atoms. The summed E-state index contributed by atoms with van der Waals surface area (Å²) in [5, 5.41) is 8.55.